The minimum absolute atomic E-state index is 0.0215. The van der Waals surface area contributed by atoms with E-state index in [9.17, 15) is 13.2 Å². The number of aryl methyl sites for hydroxylation is 1. The van der Waals surface area contributed by atoms with Gasteiger partial charge in [0.25, 0.3) is 5.56 Å². The van der Waals surface area contributed by atoms with Gasteiger partial charge >= 0.3 is 0 Å². The van der Waals surface area contributed by atoms with Crippen LogP contribution in [0.25, 0.3) is 0 Å². The molecule has 1 aromatic rings. The Balaban J connectivity index is 2.95. The zero-order valence-electron chi connectivity index (χ0n) is 8.61. The van der Waals surface area contributed by atoms with E-state index in [1.165, 1.54) is 4.57 Å². The molecule has 1 aromatic heterocycles. The van der Waals surface area contributed by atoms with E-state index in [0.29, 0.717) is 4.47 Å². The Kier molecular flexibility index (Phi) is 4.75. The minimum Gasteiger partial charge on any atom is -0.312 e. The van der Waals surface area contributed by atoms with Crippen LogP contribution in [0.3, 0.4) is 0 Å². The van der Waals surface area contributed by atoms with Crippen molar-refractivity contribution < 1.29 is 8.42 Å². The Morgan fingerprint density at radius 2 is 2.00 bits per heavy atom. The fourth-order valence-corrected chi connectivity index (χ4v) is 3.13. The third kappa shape index (κ3) is 3.71. The maximum atomic E-state index is 11.6. The first kappa shape index (κ1) is 13.9. The minimum atomic E-state index is -3.05. The van der Waals surface area contributed by atoms with Gasteiger partial charge in [0.1, 0.15) is 0 Å². The number of hydrogen-bond donors (Lipinski definition) is 0. The van der Waals surface area contributed by atoms with Crippen LogP contribution >= 0.6 is 31.9 Å². The summed E-state index contributed by atoms with van der Waals surface area (Å²) in [6.45, 7) is 1.77. The fourth-order valence-electron chi connectivity index (χ4n) is 1.11. The average Bonchev–Trinajstić information content (AvgIpc) is 2.21. The van der Waals surface area contributed by atoms with Crippen molar-refractivity contribution in [3.8, 4) is 0 Å². The van der Waals surface area contributed by atoms with Crippen LogP contribution in [0.4, 0.5) is 0 Å². The molecule has 0 bridgehead atoms. The molecule has 0 saturated carbocycles. The van der Waals surface area contributed by atoms with Crippen molar-refractivity contribution in [2.24, 2.45) is 0 Å². The molecule has 90 valence electrons. The Morgan fingerprint density at radius 3 is 2.56 bits per heavy atom. The van der Waals surface area contributed by atoms with E-state index in [-0.39, 0.29) is 23.6 Å². The molecule has 0 aromatic carbocycles. The van der Waals surface area contributed by atoms with Crippen LogP contribution < -0.4 is 5.56 Å². The van der Waals surface area contributed by atoms with Gasteiger partial charge in [-0.1, -0.05) is 6.92 Å². The molecule has 0 saturated heterocycles. The third-order valence-electron chi connectivity index (χ3n) is 2.09. The molecule has 7 heteroatoms. The van der Waals surface area contributed by atoms with Gasteiger partial charge in [0.15, 0.2) is 9.84 Å². The quantitative estimate of drug-likeness (QED) is 0.809. The van der Waals surface area contributed by atoms with Crippen LogP contribution in [-0.4, -0.2) is 24.5 Å². The maximum Gasteiger partial charge on any atom is 0.264 e. The van der Waals surface area contributed by atoms with Crippen LogP contribution in [0.5, 0.6) is 0 Å². The molecule has 0 aliphatic rings. The van der Waals surface area contributed by atoms with Crippen LogP contribution in [0.15, 0.2) is 26.0 Å². The molecule has 0 aliphatic carbocycles. The summed E-state index contributed by atoms with van der Waals surface area (Å²) in [4.78, 5) is 11.6. The molecule has 0 aliphatic heterocycles. The van der Waals surface area contributed by atoms with Crippen molar-refractivity contribution >= 4 is 41.7 Å². The normalized spacial score (nSPS) is 11.7. The lowest BCUT2D eigenvalue weighted by Crippen LogP contribution is -2.24. The number of sulfone groups is 1. The van der Waals surface area contributed by atoms with E-state index in [1.807, 2.05) is 0 Å². The SMILES string of the molecule is CCS(=O)(=O)CCn1cc(Br)cc(Br)c1=O. The Bertz CT molecular complexity index is 536. The van der Waals surface area contributed by atoms with Crippen molar-refractivity contribution in [1.82, 2.24) is 4.57 Å². The van der Waals surface area contributed by atoms with Gasteiger partial charge in [0.05, 0.1) is 10.2 Å². The molecule has 0 N–H and O–H groups in total. The maximum absolute atomic E-state index is 11.6. The summed E-state index contributed by atoms with van der Waals surface area (Å²) in [6, 6.07) is 1.63. The molecule has 16 heavy (non-hydrogen) atoms. The second kappa shape index (κ2) is 5.46. The summed E-state index contributed by atoms with van der Waals surface area (Å²) in [6.07, 6.45) is 1.58. The van der Waals surface area contributed by atoms with Crippen LogP contribution in [0.2, 0.25) is 0 Å². The summed E-state index contributed by atoms with van der Waals surface area (Å²) in [5, 5.41) is 0. The molecule has 0 radical (unpaired) electrons. The summed E-state index contributed by atoms with van der Waals surface area (Å²) in [5.74, 6) is 0.0726. The van der Waals surface area contributed by atoms with Crippen molar-refractivity contribution in [3.05, 3.63) is 31.6 Å². The van der Waals surface area contributed by atoms with Gasteiger partial charge in [0.2, 0.25) is 0 Å². The van der Waals surface area contributed by atoms with E-state index >= 15 is 0 Å². The highest BCUT2D eigenvalue weighted by Crippen LogP contribution is 2.12. The topological polar surface area (TPSA) is 56.1 Å². The fraction of sp³-hybridized carbons (Fsp3) is 0.444. The highest BCUT2D eigenvalue weighted by Gasteiger charge is 2.09. The van der Waals surface area contributed by atoms with E-state index < -0.39 is 9.84 Å². The molecule has 0 fully saturated rings. The number of halogens is 2. The third-order valence-corrected chi connectivity index (χ3v) is 4.78. The van der Waals surface area contributed by atoms with Crippen LogP contribution in [0.1, 0.15) is 6.92 Å². The summed E-state index contributed by atoms with van der Waals surface area (Å²) < 4.78 is 25.1. The van der Waals surface area contributed by atoms with Gasteiger partial charge in [0, 0.05) is 23.0 Å². The van der Waals surface area contributed by atoms with Crippen molar-refractivity contribution in [2.45, 2.75) is 13.5 Å². The average molecular weight is 373 g/mol. The Hall–Kier alpha value is -0.140. The van der Waals surface area contributed by atoms with E-state index in [0.717, 1.165) is 4.47 Å². The second-order valence-corrected chi connectivity index (χ2v) is 7.48. The lowest BCUT2D eigenvalue weighted by molar-refractivity contribution is 0.588. The second-order valence-electron chi connectivity index (χ2n) is 3.24. The predicted molar refractivity (Wildman–Crippen MR) is 70.4 cm³/mol. The summed E-state index contributed by atoms with van der Waals surface area (Å²) >= 11 is 6.37. The molecule has 0 atom stereocenters. The Labute approximate surface area is 111 Å². The summed E-state index contributed by atoms with van der Waals surface area (Å²) in [7, 11) is -3.05. The number of hydrogen-bond acceptors (Lipinski definition) is 3. The van der Waals surface area contributed by atoms with E-state index in [4.69, 9.17) is 0 Å². The molecule has 1 rings (SSSR count). The predicted octanol–water partition coefficient (Wildman–Crippen LogP) is 1.81. The lowest BCUT2D eigenvalue weighted by atomic mass is 10.5. The highest BCUT2D eigenvalue weighted by atomic mass is 79.9. The summed E-state index contributed by atoms with van der Waals surface area (Å²) in [5.41, 5.74) is -0.227. The van der Waals surface area contributed by atoms with Crippen molar-refractivity contribution in [3.63, 3.8) is 0 Å². The first-order valence-corrected chi connectivity index (χ1v) is 8.02. The van der Waals surface area contributed by atoms with Gasteiger partial charge in [-0.15, -0.1) is 0 Å². The van der Waals surface area contributed by atoms with Gasteiger partial charge in [-0.25, -0.2) is 8.42 Å². The number of pyridine rings is 1. The smallest absolute Gasteiger partial charge is 0.264 e. The largest absolute Gasteiger partial charge is 0.312 e. The van der Waals surface area contributed by atoms with E-state index in [1.54, 1.807) is 19.2 Å². The molecular weight excluding hydrogens is 362 g/mol. The van der Waals surface area contributed by atoms with Gasteiger partial charge in [-0.05, 0) is 37.9 Å². The van der Waals surface area contributed by atoms with Gasteiger partial charge < -0.3 is 4.57 Å². The zero-order chi connectivity index (χ0) is 12.3. The van der Waals surface area contributed by atoms with Crippen molar-refractivity contribution in [1.29, 1.82) is 0 Å². The van der Waals surface area contributed by atoms with Crippen LogP contribution in [-0.2, 0) is 16.4 Å². The lowest BCUT2D eigenvalue weighted by Gasteiger charge is -2.06. The highest BCUT2D eigenvalue weighted by molar-refractivity contribution is 9.11. The number of aromatic nitrogens is 1. The van der Waals surface area contributed by atoms with Crippen molar-refractivity contribution in [2.75, 3.05) is 11.5 Å². The monoisotopic (exact) mass is 371 g/mol. The van der Waals surface area contributed by atoms with E-state index in [2.05, 4.69) is 31.9 Å². The molecular formula is C9H11Br2NO3S. The van der Waals surface area contributed by atoms with Gasteiger partial charge in [-0.2, -0.15) is 0 Å². The molecule has 0 unspecified atom stereocenters. The number of rotatable bonds is 4. The van der Waals surface area contributed by atoms with Crippen LogP contribution in [0, 0.1) is 0 Å². The molecule has 0 amide bonds. The number of nitrogens with zero attached hydrogens (tertiary/aromatic N) is 1. The molecule has 0 spiro atoms. The zero-order valence-corrected chi connectivity index (χ0v) is 12.6. The first-order chi connectivity index (χ1) is 7.35. The Morgan fingerprint density at radius 1 is 1.38 bits per heavy atom. The molecule has 1 heterocycles. The standard InChI is InChI=1S/C9H11Br2NO3S/c1-2-16(14,15)4-3-12-6-7(10)5-8(11)9(12)13/h5-6H,2-4H2,1H3. The first-order valence-electron chi connectivity index (χ1n) is 4.61. The van der Waals surface area contributed by atoms with Gasteiger partial charge in [-0.3, -0.25) is 4.79 Å². The molecule has 4 nitrogen and oxygen atoms in total.